The summed E-state index contributed by atoms with van der Waals surface area (Å²) < 4.78 is 16.5. The Morgan fingerprint density at radius 3 is 1.47 bits per heavy atom. The number of amidine groups is 2. The summed E-state index contributed by atoms with van der Waals surface area (Å²) in [5.41, 5.74) is 14.1. The lowest BCUT2D eigenvalue weighted by Gasteiger charge is -2.12. The molecular weight excluding hydrogens is 408 g/mol. The maximum atomic E-state index is 12.1. The molecule has 3 aromatic carbocycles. The van der Waals surface area contributed by atoms with Gasteiger partial charge in [0, 0.05) is 11.1 Å². The first-order valence-electron chi connectivity index (χ1n) is 9.71. The van der Waals surface area contributed by atoms with Gasteiger partial charge in [-0.15, -0.1) is 0 Å². The van der Waals surface area contributed by atoms with Gasteiger partial charge in [0.15, 0.2) is 0 Å². The van der Waals surface area contributed by atoms with E-state index < -0.39 is 5.97 Å². The molecule has 0 heterocycles. The molecule has 0 bridgehead atoms. The third kappa shape index (κ3) is 5.85. The van der Waals surface area contributed by atoms with Crippen LogP contribution in [0, 0.1) is 10.8 Å². The van der Waals surface area contributed by atoms with Crippen molar-refractivity contribution in [2.45, 2.75) is 13.2 Å². The molecule has 0 aromatic heterocycles. The molecule has 32 heavy (non-hydrogen) atoms. The molecule has 0 atom stereocenters. The SMILES string of the molecule is COC(=O)c1cc(COc2ccc(C(=N)N)cc2)cc(COc2ccc(C(=N)N)cc2)c1. The molecule has 3 rings (SSSR count). The Morgan fingerprint density at radius 1 is 0.719 bits per heavy atom. The molecule has 3 aromatic rings. The average molecular weight is 432 g/mol. The maximum Gasteiger partial charge on any atom is 0.337 e. The van der Waals surface area contributed by atoms with Gasteiger partial charge < -0.3 is 25.7 Å². The van der Waals surface area contributed by atoms with Crippen LogP contribution in [-0.4, -0.2) is 24.8 Å². The van der Waals surface area contributed by atoms with E-state index >= 15 is 0 Å². The molecule has 0 aliphatic carbocycles. The van der Waals surface area contributed by atoms with Gasteiger partial charge in [-0.1, -0.05) is 0 Å². The van der Waals surface area contributed by atoms with E-state index in [4.69, 9.17) is 36.5 Å². The minimum atomic E-state index is -0.454. The number of carbonyl (C=O) groups is 1. The fourth-order valence-electron chi connectivity index (χ4n) is 2.96. The summed E-state index contributed by atoms with van der Waals surface area (Å²) in [5, 5.41) is 14.9. The standard InChI is InChI=1S/C24H24N4O4/c1-30-24(29)19-11-15(13-31-20-6-2-17(3-7-20)22(25)26)10-16(12-19)14-32-21-8-4-18(5-9-21)23(27)28/h2-12H,13-14H2,1H3,(H3,25,26)(H3,27,28). The predicted molar refractivity (Wildman–Crippen MR) is 121 cm³/mol. The van der Waals surface area contributed by atoms with Gasteiger partial charge in [0.05, 0.1) is 12.7 Å². The monoisotopic (exact) mass is 432 g/mol. The van der Waals surface area contributed by atoms with Crippen LogP contribution in [0.3, 0.4) is 0 Å². The van der Waals surface area contributed by atoms with Gasteiger partial charge in [0.25, 0.3) is 0 Å². The third-order valence-electron chi connectivity index (χ3n) is 4.62. The van der Waals surface area contributed by atoms with Crippen LogP contribution >= 0.6 is 0 Å². The number of esters is 1. The van der Waals surface area contributed by atoms with Gasteiger partial charge in [0.2, 0.25) is 0 Å². The lowest BCUT2D eigenvalue weighted by atomic mass is 10.1. The van der Waals surface area contributed by atoms with Crippen molar-refractivity contribution < 1.29 is 19.0 Å². The molecule has 0 fully saturated rings. The molecule has 8 heteroatoms. The zero-order chi connectivity index (χ0) is 23.1. The fraction of sp³-hybridized carbons (Fsp3) is 0.125. The van der Waals surface area contributed by atoms with Crippen LogP contribution in [0.4, 0.5) is 0 Å². The molecule has 0 aliphatic heterocycles. The number of hydrogen-bond donors (Lipinski definition) is 4. The van der Waals surface area contributed by atoms with Crippen molar-refractivity contribution in [2.24, 2.45) is 11.5 Å². The van der Waals surface area contributed by atoms with Crippen LogP contribution in [-0.2, 0) is 18.0 Å². The summed E-state index contributed by atoms with van der Waals surface area (Å²) in [6.07, 6.45) is 0. The van der Waals surface area contributed by atoms with Crippen LogP contribution in [0.5, 0.6) is 11.5 Å². The molecule has 0 unspecified atom stereocenters. The second kappa shape index (κ2) is 10.1. The van der Waals surface area contributed by atoms with Gasteiger partial charge >= 0.3 is 5.97 Å². The second-order valence-corrected chi connectivity index (χ2v) is 6.98. The molecule has 0 spiro atoms. The molecule has 6 N–H and O–H groups in total. The highest BCUT2D eigenvalue weighted by Crippen LogP contribution is 2.19. The number of rotatable bonds is 9. The van der Waals surface area contributed by atoms with E-state index in [1.54, 1.807) is 60.7 Å². The first kappa shape index (κ1) is 22.4. The average Bonchev–Trinajstić information content (AvgIpc) is 2.81. The summed E-state index contributed by atoms with van der Waals surface area (Å²) >= 11 is 0. The lowest BCUT2D eigenvalue weighted by molar-refractivity contribution is 0.0600. The van der Waals surface area contributed by atoms with E-state index in [-0.39, 0.29) is 24.9 Å². The third-order valence-corrected chi connectivity index (χ3v) is 4.62. The number of nitrogen functional groups attached to an aromatic ring is 2. The van der Waals surface area contributed by atoms with Crippen molar-refractivity contribution in [3.8, 4) is 11.5 Å². The van der Waals surface area contributed by atoms with Crippen molar-refractivity contribution in [1.29, 1.82) is 10.8 Å². The summed E-state index contributed by atoms with van der Waals surface area (Å²) in [6, 6.07) is 19.1. The minimum Gasteiger partial charge on any atom is -0.489 e. The lowest BCUT2D eigenvalue weighted by Crippen LogP contribution is -2.10. The van der Waals surface area contributed by atoms with Crippen molar-refractivity contribution in [1.82, 2.24) is 0 Å². The van der Waals surface area contributed by atoms with Crippen LogP contribution < -0.4 is 20.9 Å². The largest absolute Gasteiger partial charge is 0.489 e. The molecule has 8 nitrogen and oxygen atoms in total. The smallest absolute Gasteiger partial charge is 0.337 e. The van der Waals surface area contributed by atoms with Crippen LogP contribution in [0.25, 0.3) is 0 Å². The highest BCUT2D eigenvalue weighted by atomic mass is 16.5. The molecular formula is C24H24N4O4. The number of methoxy groups -OCH3 is 1. The Balaban J connectivity index is 1.73. The van der Waals surface area contributed by atoms with E-state index in [1.165, 1.54) is 7.11 Å². The van der Waals surface area contributed by atoms with Crippen molar-refractivity contribution >= 4 is 17.6 Å². The Labute approximate surface area is 185 Å². The van der Waals surface area contributed by atoms with Crippen molar-refractivity contribution in [2.75, 3.05) is 7.11 Å². The molecule has 0 saturated carbocycles. The molecule has 0 radical (unpaired) electrons. The normalized spacial score (nSPS) is 10.3. The first-order chi connectivity index (χ1) is 15.4. The minimum absolute atomic E-state index is 0.0112. The Bertz CT molecular complexity index is 1050. The zero-order valence-electron chi connectivity index (χ0n) is 17.6. The second-order valence-electron chi connectivity index (χ2n) is 6.98. The topological polar surface area (TPSA) is 145 Å². The summed E-state index contributed by atoms with van der Waals surface area (Å²) in [4.78, 5) is 12.1. The van der Waals surface area contributed by atoms with E-state index in [1.807, 2.05) is 6.07 Å². The van der Waals surface area contributed by atoms with Gasteiger partial charge in [-0.05, 0) is 77.9 Å². The van der Waals surface area contributed by atoms with Gasteiger partial charge in [-0.3, -0.25) is 10.8 Å². The highest BCUT2D eigenvalue weighted by Gasteiger charge is 2.11. The number of benzene rings is 3. The summed E-state index contributed by atoms with van der Waals surface area (Å²) in [7, 11) is 1.33. The Hall–Kier alpha value is -4.33. The molecule has 164 valence electrons. The van der Waals surface area contributed by atoms with Crippen LogP contribution in [0.1, 0.15) is 32.6 Å². The Kier molecular flexibility index (Phi) is 7.07. The number of carbonyl (C=O) groups excluding carboxylic acids is 1. The molecule has 0 amide bonds. The van der Waals surface area contributed by atoms with Gasteiger partial charge in [-0.25, -0.2) is 4.79 Å². The Morgan fingerprint density at radius 2 is 1.12 bits per heavy atom. The van der Waals surface area contributed by atoms with E-state index in [0.717, 1.165) is 11.1 Å². The van der Waals surface area contributed by atoms with Crippen LogP contribution in [0.2, 0.25) is 0 Å². The predicted octanol–water partition coefficient (Wildman–Crippen LogP) is 3.20. The number of hydrogen-bond acceptors (Lipinski definition) is 6. The molecule has 0 saturated heterocycles. The van der Waals surface area contributed by atoms with Crippen molar-refractivity contribution in [3.63, 3.8) is 0 Å². The zero-order valence-corrected chi connectivity index (χ0v) is 17.6. The summed E-state index contributed by atoms with van der Waals surface area (Å²) in [5.74, 6) is 0.749. The van der Waals surface area contributed by atoms with Crippen LogP contribution in [0.15, 0.2) is 66.7 Å². The van der Waals surface area contributed by atoms with Crippen molar-refractivity contribution in [3.05, 3.63) is 94.5 Å². The molecule has 0 aliphatic rings. The van der Waals surface area contributed by atoms with Gasteiger partial charge in [-0.2, -0.15) is 0 Å². The quantitative estimate of drug-likeness (QED) is 0.232. The number of nitrogens with one attached hydrogen (secondary N) is 2. The number of nitrogens with two attached hydrogens (primary N) is 2. The number of ether oxygens (including phenoxy) is 3. The van der Waals surface area contributed by atoms with E-state index in [0.29, 0.717) is 28.2 Å². The highest BCUT2D eigenvalue weighted by molar-refractivity contribution is 5.95. The van der Waals surface area contributed by atoms with E-state index in [2.05, 4.69) is 0 Å². The fourth-order valence-corrected chi connectivity index (χ4v) is 2.96. The maximum absolute atomic E-state index is 12.1. The van der Waals surface area contributed by atoms with Gasteiger partial charge in [0.1, 0.15) is 36.4 Å². The first-order valence-corrected chi connectivity index (χ1v) is 9.71. The van der Waals surface area contributed by atoms with E-state index in [9.17, 15) is 4.79 Å². The summed E-state index contributed by atoms with van der Waals surface area (Å²) in [6.45, 7) is 0.453.